The molecule has 9 heteroatoms. The molecule has 0 radical (unpaired) electrons. The van der Waals surface area contributed by atoms with Crippen molar-refractivity contribution in [3.05, 3.63) is 28.8 Å². The smallest absolute Gasteiger partial charge is 0.210 e. The number of rotatable bonds is 5. The van der Waals surface area contributed by atoms with Crippen LogP contribution in [0, 0.1) is 11.3 Å². The van der Waals surface area contributed by atoms with Gasteiger partial charge in [-0.1, -0.05) is 17.8 Å². The molecule has 0 unspecified atom stereocenters. The van der Waals surface area contributed by atoms with Gasteiger partial charge in [0.25, 0.3) is 0 Å². The molecule has 0 aromatic carbocycles. The molecule has 2 aromatic rings. The maximum Gasteiger partial charge on any atom is 0.210 e. The second kappa shape index (κ2) is 6.43. The Morgan fingerprint density at radius 1 is 1.57 bits per heavy atom. The van der Waals surface area contributed by atoms with E-state index in [1.807, 2.05) is 17.5 Å². The van der Waals surface area contributed by atoms with Gasteiger partial charge in [-0.05, 0) is 18.4 Å². The van der Waals surface area contributed by atoms with E-state index in [1.165, 1.54) is 22.9 Å². The van der Waals surface area contributed by atoms with Crippen LogP contribution in [0.5, 0.6) is 0 Å². The molecule has 2 aromatic heterocycles. The van der Waals surface area contributed by atoms with Gasteiger partial charge < -0.3 is 11.6 Å². The number of thioether (sulfide) groups is 1. The SMILES string of the molecule is C/C(N)=C(/C#N)C(=O)CSc1nnc(-c2cccs2)n1N. The van der Waals surface area contributed by atoms with Crippen LogP contribution >= 0.6 is 23.1 Å². The molecule has 0 atom stereocenters. The van der Waals surface area contributed by atoms with E-state index in [0.29, 0.717) is 11.0 Å². The summed E-state index contributed by atoms with van der Waals surface area (Å²) in [6.07, 6.45) is 0. The van der Waals surface area contributed by atoms with Crippen LogP contribution in [-0.4, -0.2) is 26.4 Å². The lowest BCUT2D eigenvalue weighted by molar-refractivity contribution is -0.112. The van der Waals surface area contributed by atoms with Gasteiger partial charge in [0.05, 0.1) is 10.6 Å². The summed E-state index contributed by atoms with van der Waals surface area (Å²) in [5.74, 6) is 6.11. The number of aromatic nitrogens is 3. The van der Waals surface area contributed by atoms with Crippen molar-refractivity contribution in [3.63, 3.8) is 0 Å². The number of thiophene rings is 1. The summed E-state index contributed by atoms with van der Waals surface area (Å²) >= 11 is 2.61. The molecular weight excluding hydrogens is 308 g/mol. The number of hydrogen-bond acceptors (Lipinski definition) is 8. The van der Waals surface area contributed by atoms with Crippen LogP contribution in [0.25, 0.3) is 10.7 Å². The lowest BCUT2D eigenvalue weighted by Crippen LogP contribution is -2.14. The highest BCUT2D eigenvalue weighted by atomic mass is 32.2. The van der Waals surface area contributed by atoms with Crippen LogP contribution in [0.1, 0.15) is 6.92 Å². The molecule has 0 bridgehead atoms. The molecule has 4 N–H and O–H groups in total. The number of Topliss-reactive ketones (excluding diaryl/α,β-unsaturated/α-hetero) is 1. The zero-order chi connectivity index (χ0) is 15.4. The Labute approximate surface area is 129 Å². The second-order valence-corrected chi connectivity index (χ2v) is 5.93. The third-order valence-corrected chi connectivity index (χ3v) is 4.33. The zero-order valence-corrected chi connectivity index (χ0v) is 12.7. The van der Waals surface area contributed by atoms with Gasteiger partial charge in [0.1, 0.15) is 11.6 Å². The molecule has 0 spiro atoms. The van der Waals surface area contributed by atoms with Crippen LogP contribution in [0.3, 0.4) is 0 Å². The second-order valence-electron chi connectivity index (χ2n) is 4.04. The van der Waals surface area contributed by atoms with Crippen LogP contribution in [0.4, 0.5) is 0 Å². The summed E-state index contributed by atoms with van der Waals surface area (Å²) in [7, 11) is 0. The van der Waals surface area contributed by atoms with Crippen molar-refractivity contribution in [2.45, 2.75) is 12.1 Å². The van der Waals surface area contributed by atoms with Gasteiger partial charge in [-0.3, -0.25) is 4.79 Å². The summed E-state index contributed by atoms with van der Waals surface area (Å²) < 4.78 is 1.33. The van der Waals surface area contributed by atoms with Crippen molar-refractivity contribution in [3.8, 4) is 16.8 Å². The van der Waals surface area contributed by atoms with E-state index in [2.05, 4.69) is 10.2 Å². The Kier molecular flexibility index (Phi) is 4.62. The van der Waals surface area contributed by atoms with Gasteiger partial charge >= 0.3 is 0 Å². The fourth-order valence-electron chi connectivity index (χ4n) is 1.52. The zero-order valence-electron chi connectivity index (χ0n) is 11.1. The Bertz CT molecular complexity index is 722. The lowest BCUT2D eigenvalue weighted by atomic mass is 10.2. The average molecular weight is 320 g/mol. The first-order valence-corrected chi connectivity index (χ1v) is 7.68. The number of nitrogens with zero attached hydrogens (tertiary/aromatic N) is 4. The number of nitriles is 1. The fraction of sp³-hybridized carbons (Fsp3) is 0.167. The number of hydrogen-bond donors (Lipinski definition) is 2. The van der Waals surface area contributed by atoms with Crippen molar-refractivity contribution in [2.75, 3.05) is 11.6 Å². The predicted octanol–water partition coefficient (Wildman–Crippen LogP) is 1.14. The minimum absolute atomic E-state index is 0.0250. The fourth-order valence-corrected chi connectivity index (χ4v) is 2.96. The molecule has 7 nitrogen and oxygen atoms in total. The van der Waals surface area contributed by atoms with Crippen molar-refractivity contribution in [1.82, 2.24) is 14.9 Å². The largest absolute Gasteiger partial charge is 0.401 e. The molecule has 0 aliphatic heterocycles. The maximum absolute atomic E-state index is 11.9. The van der Waals surface area contributed by atoms with E-state index >= 15 is 0 Å². The number of allylic oxidation sites excluding steroid dienone is 2. The summed E-state index contributed by atoms with van der Waals surface area (Å²) in [5.41, 5.74) is 5.65. The maximum atomic E-state index is 11.9. The molecule has 0 aliphatic rings. The molecule has 0 fully saturated rings. The quantitative estimate of drug-likeness (QED) is 0.366. The van der Waals surface area contributed by atoms with Gasteiger partial charge in [-0.2, -0.15) is 5.26 Å². The molecule has 2 rings (SSSR count). The molecule has 0 aliphatic carbocycles. The van der Waals surface area contributed by atoms with Crippen LogP contribution in [-0.2, 0) is 4.79 Å². The molecule has 0 saturated heterocycles. The number of ketones is 1. The molecule has 0 amide bonds. The van der Waals surface area contributed by atoms with E-state index in [-0.39, 0.29) is 22.8 Å². The number of nitrogen functional groups attached to an aromatic ring is 1. The van der Waals surface area contributed by atoms with Crippen molar-refractivity contribution >= 4 is 28.9 Å². The highest BCUT2D eigenvalue weighted by Crippen LogP contribution is 2.25. The predicted molar refractivity (Wildman–Crippen MR) is 81.7 cm³/mol. The van der Waals surface area contributed by atoms with Crippen LogP contribution in [0.2, 0.25) is 0 Å². The summed E-state index contributed by atoms with van der Waals surface area (Å²) in [5, 5.41) is 19.1. The van der Waals surface area contributed by atoms with E-state index in [4.69, 9.17) is 16.8 Å². The first kappa shape index (κ1) is 15.1. The molecule has 0 saturated carbocycles. The Balaban J connectivity index is 2.11. The Morgan fingerprint density at radius 2 is 2.33 bits per heavy atom. The van der Waals surface area contributed by atoms with Gasteiger partial charge in [-0.15, -0.1) is 21.5 Å². The third kappa shape index (κ3) is 3.24. The van der Waals surface area contributed by atoms with E-state index < -0.39 is 0 Å². The minimum atomic E-state index is -0.358. The molecular formula is C12H12N6OS2. The van der Waals surface area contributed by atoms with Crippen LogP contribution < -0.4 is 11.6 Å². The standard InChI is InChI=1S/C12H12N6OS2/c1-7(14)8(5-13)9(19)6-21-12-17-16-11(18(12)15)10-3-2-4-20-10/h2-4H,6,14-15H2,1H3/b8-7+. The number of carbonyl (C=O) groups excluding carboxylic acids is 1. The van der Waals surface area contributed by atoms with Crippen molar-refractivity contribution < 1.29 is 4.79 Å². The van der Waals surface area contributed by atoms with Gasteiger partial charge in [0, 0.05) is 5.70 Å². The normalized spacial score (nSPS) is 11.8. The summed E-state index contributed by atoms with van der Waals surface area (Å²) in [6, 6.07) is 5.57. The summed E-state index contributed by atoms with van der Waals surface area (Å²) in [6.45, 7) is 1.52. The van der Waals surface area contributed by atoms with E-state index in [0.717, 1.165) is 16.6 Å². The highest BCUT2D eigenvalue weighted by Gasteiger charge is 2.16. The van der Waals surface area contributed by atoms with Gasteiger partial charge in [0.2, 0.25) is 5.16 Å². The van der Waals surface area contributed by atoms with Gasteiger partial charge in [-0.25, -0.2) is 4.68 Å². The molecule has 21 heavy (non-hydrogen) atoms. The van der Waals surface area contributed by atoms with Crippen molar-refractivity contribution in [2.24, 2.45) is 5.73 Å². The van der Waals surface area contributed by atoms with Gasteiger partial charge in [0.15, 0.2) is 11.6 Å². The highest BCUT2D eigenvalue weighted by molar-refractivity contribution is 7.99. The monoisotopic (exact) mass is 320 g/mol. The topological polar surface area (TPSA) is 124 Å². The summed E-state index contributed by atoms with van der Waals surface area (Å²) in [4.78, 5) is 12.7. The van der Waals surface area contributed by atoms with E-state index in [1.54, 1.807) is 6.07 Å². The molecule has 108 valence electrons. The van der Waals surface area contributed by atoms with Crippen LogP contribution in [0.15, 0.2) is 33.9 Å². The lowest BCUT2D eigenvalue weighted by Gasteiger charge is -2.02. The number of carbonyl (C=O) groups is 1. The number of nitrogens with two attached hydrogens (primary N) is 2. The van der Waals surface area contributed by atoms with E-state index in [9.17, 15) is 4.79 Å². The first-order valence-electron chi connectivity index (χ1n) is 5.81. The average Bonchev–Trinajstić information content (AvgIpc) is 3.06. The third-order valence-electron chi connectivity index (χ3n) is 2.52. The molecule has 2 heterocycles. The van der Waals surface area contributed by atoms with Crippen molar-refractivity contribution in [1.29, 1.82) is 5.26 Å². The Hall–Kier alpha value is -2.31. The minimum Gasteiger partial charge on any atom is -0.401 e. The Morgan fingerprint density at radius 3 is 2.90 bits per heavy atom. The first-order chi connectivity index (χ1) is 10.0.